The van der Waals surface area contributed by atoms with Gasteiger partial charge in [-0.25, -0.2) is 0 Å². The van der Waals surface area contributed by atoms with E-state index in [0.29, 0.717) is 5.92 Å². The van der Waals surface area contributed by atoms with E-state index in [0.717, 1.165) is 15.4 Å². The average molecular weight is 340 g/mol. The number of hydrogen-bond donors (Lipinski definition) is 1. The maximum absolute atomic E-state index is 12.9. The summed E-state index contributed by atoms with van der Waals surface area (Å²) in [6.07, 6.45) is 2.40. The number of H-pyrrole nitrogens is 1. The molecule has 1 aliphatic carbocycles. The predicted octanol–water partition coefficient (Wildman–Crippen LogP) is 2.06. The normalized spacial score (nSPS) is 14.5. The van der Waals surface area contributed by atoms with Crippen LogP contribution in [0.2, 0.25) is 0 Å². The first-order valence-electron chi connectivity index (χ1n) is 7.21. The molecule has 1 aliphatic rings. The Morgan fingerprint density at radius 2 is 1.67 bits per heavy atom. The minimum absolute atomic E-state index is 0.0663. The summed E-state index contributed by atoms with van der Waals surface area (Å²) >= 11 is 0.0663. The van der Waals surface area contributed by atoms with Crippen molar-refractivity contribution in [2.45, 2.75) is 18.8 Å². The molecule has 2 nitrogen and oxygen atoms in total. The SMILES string of the molecule is O=c1c([Se]c2ccccc2)c(C2CC2)[nH]c2ccccc12. The summed E-state index contributed by atoms with van der Waals surface area (Å²) in [5, 5.41) is 0.815. The van der Waals surface area contributed by atoms with Gasteiger partial charge in [-0.2, -0.15) is 0 Å². The van der Waals surface area contributed by atoms with Crippen molar-refractivity contribution in [1.82, 2.24) is 4.98 Å². The Kier molecular flexibility index (Phi) is 3.17. The fraction of sp³-hybridized carbons (Fsp3) is 0.167. The molecular weight excluding hydrogens is 325 g/mol. The number of nitrogens with one attached hydrogen (secondary N) is 1. The van der Waals surface area contributed by atoms with Crippen molar-refractivity contribution in [3.8, 4) is 0 Å². The third-order valence-electron chi connectivity index (χ3n) is 3.84. The first kappa shape index (κ1) is 12.9. The number of fused-ring (bicyclic) bond motifs is 1. The summed E-state index contributed by atoms with van der Waals surface area (Å²) < 4.78 is 2.27. The fourth-order valence-electron chi connectivity index (χ4n) is 2.60. The van der Waals surface area contributed by atoms with Crippen molar-refractivity contribution in [1.29, 1.82) is 0 Å². The van der Waals surface area contributed by atoms with Gasteiger partial charge in [0.2, 0.25) is 0 Å². The van der Waals surface area contributed by atoms with Gasteiger partial charge in [0.05, 0.1) is 0 Å². The molecule has 0 bridgehead atoms. The number of benzene rings is 2. The van der Waals surface area contributed by atoms with E-state index in [-0.39, 0.29) is 20.4 Å². The van der Waals surface area contributed by atoms with Gasteiger partial charge in [0.25, 0.3) is 0 Å². The van der Waals surface area contributed by atoms with Crippen LogP contribution < -0.4 is 14.4 Å². The molecule has 0 spiro atoms. The second kappa shape index (κ2) is 5.18. The molecule has 1 fully saturated rings. The molecule has 21 heavy (non-hydrogen) atoms. The van der Waals surface area contributed by atoms with Crippen molar-refractivity contribution in [2.24, 2.45) is 0 Å². The molecule has 0 radical (unpaired) electrons. The molecule has 0 aliphatic heterocycles. The topological polar surface area (TPSA) is 32.9 Å². The zero-order chi connectivity index (χ0) is 14.2. The van der Waals surface area contributed by atoms with Crippen LogP contribution in [0, 0.1) is 0 Å². The number of aromatic amines is 1. The monoisotopic (exact) mass is 341 g/mol. The number of rotatable bonds is 3. The Hall–Kier alpha value is -1.83. The zero-order valence-corrected chi connectivity index (χ0v) is 13.2. The van der Waals surface area contributed by atoms with Gasteiger partial charge in [-0.1, -0.05) is 0 Å². The van der Waals surface area contributed by atoms with E-state index in [1.165, 1.54) is 23.0 Å². The molecule has 104 valence electrons. The fourth-order valence-corrected chi connectivity index (χ4v) is 4.83. The summed E-state index contributed by atoms with van der Waals surface area (Å²) in [4.78, 5) is 16.4. The van der Waals surface area contributed by atoms with E-state index >= 15 is 0 Å². The summed E-state index contributed by atoms with van der Waals surface area (Å²) in [5.41, 5.74) is 2.37. The van der Waals surface area contributed by atoms with E-state index < -0.39 is 0 Å². The van der Waals surface area contributed by atoms with Crippen LogP contribution in [-0.2, 0) is 0 Å². The Balaban J connectivity index is 1.91. The number of pyridine rings is 1. The van der Waals surface area contributed by atoms with Gasteiger partial charge >= 0.3 is 129 Å². The van der Waals surface area contributed by atoms with Crippen molar-refractivity contribution in [3.63, 3.8) is 0 Å². The van der Waals surface area contributed by atoms with Crippen molar-refractivity contribution in [2.75, 3.05) is 0 Å². The van der Waals surface area contributed by atoms with Crippen LogP contribution in [-0.4, -0.2) is 19.9 Å². The van der Waals surface area contributed by atoms with Crippen molar-refractivity contribution in [3.05, 3.63) is 70.5 Å². The summed E-state index contributed by atoms with van der Waals surface area (Å²) in [7, 11) is 0. The van der Waals surface area contributed by atoms with E-state index in [2.05, 4.69) is 17.1 Å². The first-order valence-corrected chi connectivity index (χ1v) is 8.92. The van der Waals surface area contributed by atoms with Gasteiger partial charge in [-0.05, 0) is 0 Å². The van der Waals surface area contributed by atoms with Gasteiger partial charge in [0.15, 0.2) is 0 Å². The molecule has 2 aromatic carbocycles. The molecule has 3 heteroatoms. The summed E-state index contributed by atoms with van der Waals surface area (Å²) in [6, 6.07) is 18.2. The van der Waals surface area contributed by atoms with E-state index in [1.54, 1.807) is 0 Å². The molecular formula is C18H15NOSe. The average Bonchev–Trinajstić information content (AvgIpc) is 3.36. The van der Waals surface area contributed by atoms with Crippen LogP contribution in [0.3, 0.4) is 0 Å². The third-order valence-corrected chi connectivity index (χ3v) is 6.18. The molecule has 1 aromatic heterocycles. The van der Waals surface area contributed by atoms with Crippen LogP contribution in [0.4, 0.5) is 0 Å². The summed E-state index contributed by atoms with van der Waals surface area (Å²) in [6.45, 7) is 0. The van der Waals surface area contributed by atoms with Crippen molar-refractivity contribution < 1.29 is 0 Å². The second-order valence-electron chi connectivity index (χ2n) is 5.43. The van der Waals surface area contributed by atoms with E-state index in [9.17, 15) is 4.79 Å². The Labute approximate surface area is 129 Å². The van der Waals surface area contributed by atoms with E-state index in [4.69, 9.17) is 0 Å². The third kappa shape index (κ3) is 2.43. The van der Waals surface area contributed by atoms with Crippen LogP contribution >= 0.6 is 0 Å². The first-order chi connectivity index (χ1) is 10.3. The minimum atomic E-state index is 0.0663. The Morgan fingerprint density at radius 1 is 0.952 bits per heavy atom. The standard InChI is InChI=1S/C18H15NOSe/c20-17-14-8-4-5-9-15(14)19-16(12-10-11-12)18(17)21-13-6-2-1-3-7-13/h1-9,12H,10-11H2,(H,19,20). The molecule has 0 saturated heterocycles. The van der Waals surface area contributed by atoms with Crippen LogP contribution in [0.15, 0.2) is 59.4 Å². The Bertz CT molecular complexity index is 850. The second-order valence-corrected chi connectivity index (χ2v) is 7.71. The molecule has 4 rings (SSSR count). The summed E-state index contributed by atoms with van der Waals surface area (Å²) in [5.74, 6) is 0.558. The van der Waals surface area contributed by atoms with Crippen LogP contribution in [0.5, 0.6) is 0 Å². The molecule has 1 heterocycles. The predicted molar refractivity (Wildman–Crippen MR) is 88.0 cm³/mol. The molecule has 0 atom stereocenters. The molecule has 1 N–H and O–H groups in total. The van der Waals surface area contributed by atoms with E-state index in [1.807, 2.05) is 42.5 Å². The molecule has 1 saturated carbocycles. The quantitative estimate of drug-likeness (QED) is 0.728. The molecule has 3 aromatic rings. The maximum atomic E-state index is 12.9. The van der Waals surface area contributed by atoms with Gasteiger partial charge in [0, 0.05) is 0 Å². The molecule has 0 unspecified atom stereocenters. The Morgan fingerprint density at radius 3 is 2.43 bits per heavy atom. The number of hydrogen-bond acceptors (Lipinski definition) is 1. The number of aromatic nitrogens is 1. The van der Waals surface area contributed by atoms with Crippen molar-refractivity contribution >= 4 is 34.8 Å². The zero-order valence-electron chi connectivity index (χ0n) is 11.5. The van der Waals surface area contributed by atoms with Crippen LogP contribution in [0.25, 0.3) is 10.9 Å². The van der Waals surface area contributed by atoms with Gasteiger partial charge in [-0.3, -0.25) is 0 Å². The van der Waals surface area contributed by atoms with Gasteiger partial charge in [0.1, 0.15) is 0 Å². The molecule has 0 amide bonds. The van der Waals surface area contributed by atoms with Crippen LogP contribution in [0.1, 0.15) is 24.5 Å². The van der Waals surface area contributed by atoms with Gasteiger partial charge < -0.3 is 0 Å². The number of para-hydroxylation sites is 1. The van der Waals surface area contributed by atoms with Gasteiger partial charge in [-0.15, -0.1) is 0 Å².